The molecule has 2 atom stereocenters. The number of rotatable bonds is 8. The summed E-state index contributed by atoms with van der Waals surface area (Å²) < 4.78 is 62.6. The van der Waals surface area contributed by atoms with Gasteiger partial charge in [0, 0.05) is 30.4 Å². The van der Waals surface area contributed by atoms with E-state index in [1.807, 2.05) is 24.0 Å². The fourth-order valence-electron chi connectivity index (χ4n) is 4.33. The Morgan fingerprint density at radius 3 is 2.61 bits per heavy atom. The molecule has 1 aliphatic carbocycles. The molecule has 190 valence electrons. The Bertz CT molecular complexity index is 1400. The number of thiazole rings is 1. The van der Waals surface area contributed by atoms with Crippen LogP contribution in [0.3, 0.4) is 0 Å². The molecule has 1 saturated carbocycles. The van der Waals surface area contributed by atoms with Crippen molar-refractivity contribution in [3.8, 4) is 11.3 Å². The second-order valence-corrected chi connectivity index (χ2v) is 10.3. The van der Waals surface area contributed by atoms with Gasteiger partial charge in [-0.3, -0.25) is 4.68 Å². The Hall–Kier alpha value is -2.92. The molecule has 0 radical (unpaired) electrons. The van der Waals surface area contributed by atoms with Crippen LogP contribution in [0, 0.1) is 12.7 Å². The molecule has 0 saturated heterocycles. The minimum atomic E-state index is -4.64. The Kier molecular flexibility index (Phi) is 6.54. The van der Waals surface area contributed by atoms with Gasteiger partial charge in [-0.05, 0) is 50.8 Å². The summed E-state index contributed by atoms with van der Waals surface area (Å²) in [6.07, 6.45) is 2.44. The number of aryl methyl sites for hydroxylation is 1. The molecule has 3 aromatic heterocycles. The van der Waals surface area contributed by atoms with Crippen LogP contribution in [-0.2, 0) is 10.9 Å². The van der Waals surface area contributed by atoms with E-state index in [1.54, 1.807) is 14.0 Å². The second-order valence-electron chi connectivity index (χ2n) is 9.06. The first-order valence-corrected chi connectivity index (χ1v) is 12.6. The lowest BCUT2D eigenvalue weighted by Gasteiger charge is -2.20. The largest absolute Gasteiger partial charge is 0.416 e. The van der Waals surface area contributed by atoms with E-state index in [0.29, 0.717) is 46.1 Å². The van der Waals surface area contributed by atoms with E-state index in [9.17, 15) is 17.6 Å². The van der Waals surface area contributed by atoms with Crippen molar-refractivity contribution in [2.24, 2.45) is 0 Å². The molecule has 11 heteroatoms. The fourth-order valence-corrected chi connectivity index (χ4v) is 5.20. The summed E-state index contributed by atoms with van der Waals surface area (Å²) in [5.74, 6) is -0.680. The third-order valence-electron chi connectivity index (χ3n) is 6.48. The van der Waals surface area contributed by atoms with E-state index in [-0.39, 0.29) is 23.3 Å². The normalized spacial score (nSPS) is 16.0. The smallest absolute Gasteiger partial charge is 0.377 e. The molecule has 5 rings (SSSR count). The highest BCUT2D eigenvalue weighted by Crippen LogP contribution is 2.39. The zero-order valence-electron chi connectivity index (χ0n) is 20.0. The molecule has 0 amide bonds. The molecule has 3 heterocycles. The predicted molar refractivity (Wildman–Crippen MR) is 128 cm³/mol. The third-order valence-corrected chi connectivity index (χ3v) is 7.45. The molecule has 0 N–H and O–H groups in total. The summed E-state index contributed by atoms with van der Waals surface area (Å²) in [6.45, 7) is 3.80. The number of ether oxygens (including phenoxy) is 1. The topological polar surface area (TPSA) is 65.7 Å². The summed E-state index contributed by atoms with van der Waals surface area (Å²) in [4.78, 5) is 13.8. The first kappa shape index (κ1) is 24.8. The summed E-state index contributed by atoms with van der Waals surface area (Å²) in [6, 6.07) is 2.96. The molecular formula is C25H25F4N5OS. The molecule has 0 bridgehead atoms. The van der Waals surface area contributed by atoms with Gasteiger partial charge in [-0.15, -0.1) is 11.3 Å². The van der Waals surface area contributed by atoms with E-state index in [4.69, 9.17) is 9.72 Å². The fraction of sp³-hybridized carbons (Fsp3) is 0.440. The number of nitrogens with zero attached hydrogens (tertiary/aromatic N) is 5. The number of fused-ring (bicyclic) bond motifs is 1. The molecule has 4 aromatic rings. The Morgan fingerprint density at radius 2 is 1.97 bits per heavy atom. The van der Waals surface area contributed by atoms with Crippen molar-refractivity contribution in [3.05, 3.63) is 58.4 Å². The summed E-state index contributed by atoms with van der Waals surface area (Å²) in [7, 11) is 1.64. The van der Waals surface area contributed by atoms with Gasteiger partial charge in [0.2, 0.25) is 0 Å². The van der Waals surface area contributed by atoms with Crippen LogP contribution >= 0.6 is 11.3 Å². The Labute approximate surface area is 209 Å². The van der Waals surface area contributed by atoms with E-state index < -0.39 is 17.6 Å². The predicted octanol–water partition coefficient (Wildman–Crippen LogP) is 7.02. The van der Waals surface area contributed by atoms with Gasteiger partial charge in [0.15, 0.2) is 5.65 Å². The minimum absolute atomic E-state index is 0.0100. The molecule has 1 aliphatic rings. The molecule has 0 spiro atoms. The molecule has 1 aromatic carbocycles. The SMILES string of the molecule is CCC(CC(OC)c1cnn(C2CC2)c1)c1nc(-c2ccc(C(F)(F)F)cc2F)c2sc(C)nc2n1. The number of halogens is 4. The van der Waals surface area contributed by atoms with Crippen LogP contribution in [0.4, 0.5) is 17.6 Å². The highest BCUT2D eigenvalue weighted by atomic mass is 32.1. The van der Waals surface area contributed by atoms with Crippen LogP contribution in [0.2, 0.25) is 0 Å². The van der Waals surface area contributed by atoms with Gasteiger partial charge in [-0.2, -0.15) is 18.3 Å². The number of alkyl halides is 3. The average Bonchev–Trinajstić information content (AvgIpc) is 3.44. The highest BCUT2D eigenvalue weighted by molar-refractivity contribution is 7.19. The maximum absolute atomic E-state index is 15.0. The first-order valence-electron chi connectivity index (χ1n) is 11.8. The number of benzene rings is 1. The van der Waals surface area contributed by atoms with Gasteiger partial charge < -0.3 is 4.74 Å². The van der Waals surface area contributed by atoms with Crippen molar-refractivity contribution in [2.75, 3.05) is 7.11 Å². The van der Waals surface area contributed by atoms with Crippen LogP contribution in [0.25, 0.3) is 21.6 Å². The molecule has 36 heavy (non-hydrogen) atoms. The number of aromatic nitrogens is 5. The summed E-state index contributed by atoms with van der Waals surface area (Å²) in [5.41, 5.74) is 0.564. The van der Waals surface area contributed by atoms with Gasteiger partial charge in [-0.1, -0.05) is 6.92 Å². The molecule has 1 fully saturated rings. The number of hydrogen-bond acceptors (Lipinski definition) is 6. The van der Waals surface area contributed by atoms with Crippen LogP contribution < -0.4 is 0 Å². The lowest BCUT2D eigenvalue weighted by Crippen LogP contribution is -2.12. The van der Waals surface area contributed by atoms with Gasteiger partial charge in [0.05, 0.1) is 34.6 Å². The van der Waals surface area contributed by atoms with Gasteiger partial charge in [-0.25, -0.2) is 19.3 Å². The van der Waals surface area contributed by atoms with Gasteiger partial charge >= 0.3 is 6.18 Å². The summed E-state index contributed by atoms with van der Waals surface area (Å²) in [5, 5.41) is 5.17. The van der Waals surface area contributed by atoms with Gasteiger partial charge in [0.25, 0.3) is 0 Å². The monoisotopic (exact) mass is 519 g/mol. The van der Waals surface area contributed by atoms with Crippen molar-refractivity contribution < 1.29 is 22.3 Å². The first-order chi connectivity index (χ1) is 17.2. The van der Waals surface area contributed by atoms with E-state index >= 15 is 0 Å². The minimum Gasteiger partial charge on any atom is -0.377 e. The Balaban J connectivity index is 1.53. The van der Waals surface area contributed by atoms with E-state index in [2.05, 4.69) is 15.1 Å². The quantitative estimate of drug-likeness (QED) is 0.234. The summed E-state index contributed by atoms with van der Waals surface area (Å²) >= 11 is 1.29. The maximum atomic E-state index is 15.0. The molecule has 6 nitrogen and oxygen atoms in total. The van der Waals surface area contributed by atoms with Crippen LogP contribution in [0.1, 0.15) is 72.6 Å². The third kappa shape index (κ3) is 4.86. The zero-order valence-corrected chi connectivity index (χ0v) is 20.8. The van der Waals surface area contributed by atoms with Crippen LogP contribution in [0.5, 0.6) is 0 Å². The lowest BCUT2D eigenvalue weighted by molar-refractivity contribution is -0.137. The van der Waals surface area contributed by atoms with E-state index in [0.717, 1.165) is 30.5 Å². The van der Waals surface area contributed by atoms with Crippen molar-refractivity contribution in [1.29, 1.82) is 0 Å². The molecule has 2 unspecified atom stereocenters. The Morgan fingerprint density at radius 1 is 1.19 bits per heavy atom. The average molecular weight is 520 g/mol. The maximum Gasteiger partial charge on any atom is 0.416 e. The molecule has 0 aliphatic heterocycles. The zero-order chi connectivity index (χ0) is 25.6. The van der Waals surface area contributed by atoms with Crippen LogP contribution in [-0.4, -0.2) is 31.8 Å². The van der Waals surface area contributed by atoms with Crippen molar-refractivity contribution in [3.63, 3.8) is 0 Å². The van der Waals surface area contributed by atoms with Crippen molar-refractivity contribution in [2.45, 2.75) is 63.8 Å². The van der Waals surface area contributed by atoms with Crippen molar-refractivity contribution >= 4 is 21.7 Å². The standard InChI is InChI=1S/C25H25F4N5OS/c1-4-14(9-20(35-3)15-11-30-34(12-15)17-6-7-17)23-32-21(22-24(33-23)31-13(2)36-22)18-8-5-16(10-19(18)26)25(27,28)29/h5,8,10-12,14,17,20H,4,6-7,9H2,1-3H3. The van der Waals surface area contributed by atoms with E-state index in [1.165, 1.54) is 11.3 Å². The van der Waals surface area contributed by atoms with Gasteiger partial charge in [0.1, 0.15) is 16.3 Å². The highest BCUT2D eigenvalue weighted by Gasteiger charge is 2.32. The second kappa shape index (κ2) is 9.51. The van der Waals surface area contributed by atoms with Crippen LogP contribution in [0.15, 0.2) is 30.6 Å². The molecular weight excluding hydrogens is 494 g/mol. The number of hydrogen-bond donors (Lipinski definition) is 0. The lowest BCUT2D eigenvalue weighted by atomic mass is 9.95. The van der Waals surface area contributed by atoms with Crippen molar-refractivity contribution in [1.82, 2.24) is 24.7 Å². The number of methoxy groups -OCH3 is 1.